The van der Waals surface area contributed by atoms with E-state index in [9.17, 15) is 18.3 Å². The SMILES string of the molecule is Cc1cc(Cl)cc(C(=O)O)c1NS(=O)(=O)CC1CCCO1. The Kier molecular flexibility index (Phi) is 4.75. The fourth-order valence-corrected chi connectivity index (χ4v) is 3.96. The van der Waals surface area contributed by atoms with Crippen molar-refractivity contribution < 1.29 is 23.1 Å². The topological polar surface area (TPSA) is 92.7 Å². The van der Waals surface area contributed by atoms with Crippen LogP contribution < -0.4 is 4.72 Å². The van der Waals surface area contributed by atoms with Crippen LogP contribution in [0.25, 0.3) is 0 Å². The quantitative estimate of drug-likeness (QED) is 0.862. The Morgan fingerprint density at radius 2 is 2.24 bits per heavy atom. The summed E-state index contributed by atoms with van der Waals surface area (Å²) in [6.07, 6.45) is 1.18. The van der Waals surface area contributed by atoms with Crippen molar-refractivity contribution >= 4 is 33.3 Å². The third kappa shape index (κ3) is 4.09. The van der Waals surface area contributed by atoms with Gasteiger partial charge in [-0.1, -0.05) is 11.6 Å². The van der Waals surface area contributed by atoms with Gasteiger partial charge in [-0.3, -0.25) is 4.72 Å². The first-order chi connectivity index (χ1) is 9.78. The molecule has 1 aromatic rings. The summed E-state index contributed by atoms with van der Waals surface area (Å²) in [4.78, 5) is 11.2. The molecule has 0 aliphatic carbocycles. The summed E-state index contributed by atoms with van der Waals surface area (Å²) in [7, 11) is -3.69. The summed E-state index contributed by atoms with van der Waals surface area (Å²) in [6, 6.07) is 2.73. The summed E-state index contributed by atoms with van der Waals surface area (Å²) in [6.45, 7) is 2.16. The number of ether oxygens (including phenoxy) is 1. The molecule has 1 saturated heterocycles. The number of carboxylic acids is 1. The normalized spacial score (nSPS) is 18.7. The second-order valence-corrected chi connectivity index (χ2v) is 7.17. The average molecular weight is 334 g/mol. The third-order valence-corrected chi connectivity index (χ3v) is 4.76. The van der Waals surface area contributed by atoms with Gasteiger partial charge in [-0.2, -0.15) is 0 Å². The van der Waals surface area contributed by atoms with Crippen LogP contribution in [0.2, 0.25) is 5.02 Å². The molecule has 0 saturated carbocycles. The molecule has 0 radical (unpaired) electrons. The molecule has 2 rings (SSSR count). The van der Waals surface area contributed by atoms with E-state index in [2.05, 4.69) is 4.72 Å². The molecule has 6 nitrogen and oxygen atoms in total. The minimum Gasteiger partial charge on any atom is -0.478 e. The molecule has 1 fully saturated rings. The number of hydrogen-bond donors (Lipinski definition) is 2. The molecule has 21 heavy (non-hydrogen) atoms. The number of sulfonamides is 1. The van der Waals surface area contributed by atoms with Gasteiger partial charge in [0.15, 0.2) is 0 Å². The number of benzene rings is 1. The molecule has 1 unspecified atom stereocenters. The van der Waals surface area contributed by atoms with Crippen LogP contribution in [0.3, 0.4) is 0 Å². The molecule has 2 N–H and O–H groups in total. The first-order valence-corrected chi connectivity index (χ1v) is 8.47. The average Bonchev–Trinajstić information content (AvgIpc) is 2.83. The molecule has 1 atom stereocenters. The summed E-state index contributed by atoms with van der Waals surface area (Å²) in [5.41, 5.74) is 0.330. The van der Waals surface area contributed by atoms with Gasteiger partial charge in [0, 0.05) is 11.6 Å². The zero-order valence-corrected chi connectivity index (χ0v) is 13.0. The lowest BCUT2D eigenvalue weighted by Crippen LogP contribution is -2.26. The summed E-state index contributed by atoms with van der Waals surface area (Å²) in [5, 5.41) is 9.42. The van der Waals surface area contributed by atoms with Gasteiger partial charge in [0.1, 0.15) is 0 Å². The third-order valence-electron chi connectivity index (χ3n) is 3.22. The fraction of sp³-hybridized carbons (Fsp3) is 0.462. The fourth-order valence-electron chi connectivity index (χ4n) is 2.26. The molecule has 1 aromatic carbocycles. The largest absolute Gasteiger partial charge is 0.478 e. The van der Waals surface area contributed by atoms with Gasteiger partial charge in [0.25, 0.3) is 0 Å². The van der Waals surface area contributed by atoms with Crippen molar-refractivity contribution in [3.8, 4) is 0 Å². The van der Waals surface area contributed by atoms with E-state index in [1.807, 2.05) is 0 Å². The minimum atomic E-state index is -3.69. The van der Waals surface area contributed by atoms with Crippen LogP contribution in [-0.4, -0.2) is 38.0 Å². The number of carbonyl (C=O) groups is 1. The van der Waals surface area contributed by atoms with Gasteiger partial charge < -0.3 is 9.84 Å². The number of rotatable bonds is 5. The van der Waals surface area contributed by atoms with Crippen LogP contribution in [0.1, 0.15) is 28.8 Å². The number of aromatic carboxylic acids is 1. The molecular formula is C13H16ClNO5S. The minimum absolute atomic E-state index is 0.0462. The lowest BCUT2D eigenvalue weighted by Gasteiger charge is -2.15. The number of hydrogen-bond acceptors (Lipinski definition) is 4. The van der Waals surface area contributed by atoms with E-state index in [-0.39, 0.29) is 28.1 Å². The first kappa shape index (κ1) is 16.1. The predicted octanol–water partition coefficient (Wildman–Crippen LogP) is 2.27. The number of anilines is 1. The molecule has 1 aliphatic rings. The van der Waals surface area contributed by atoms with Crippen LogP contribution in [0.4, 0.5) is 5.69 Å². The molecule has 0 spiro atoms. The van der Waals surface area contributed by atoms with Gasteiger partial charge in [-0.15, -0.1) is 0 Å². The van der Waals surface area contributed by atoms with Gasteiger partial charge in [0.2, 0.25) is 10.0 Å². The Morgan fingerprint density at radius 3 is 2.81 bits per heavy atom. The first-order valence-electron chi connectivity index (χ1n) is 6.44. The number of nitrogens with one attached hydrogen (secondary N) is 1. The van der Waals surface area contributed by atoms with Crippen LogP contribution in [0.15, 0.2) is 12.1 Å². The molecular weight excluding hydrogens is 318 g/mol. The number of carboxylic acid groups (broad SMARTS) is 1. The Bertz CT molecular complexity index is 653. The van der Waals surface area contributed by atoms with Crippen molar-refractivity contribution in [2.45, 2.75) is 25.9 Å². The zero-order valence-electron chi connectivity index (χ0n) is 11.4. The Morgan fingerprint density at radius 1 is 1.52 bits per heavy atom. The highest BCUT2D eigenvalue weighted by atomic mass is 35.5. The van der Waals surface area contributed by atoms with E-state index < -0.39 is 16.0 Å². The van der Waals surface area contributed by atoms with Crippen molar-refractivity contribution in [3.05, 3.63) is 28.3 Å². The van der Waals surface area contributed by atoms with Gasteiger partial charge in [-0.25, -0.2) is 13.2 Å². The molecule has 0 aromatic heterocycles. The maximum atomic E-state index is 12.2. The van der Waals surface area contributed by atoms with Crippen LogP contribution >= 0.6 is 11.6 Å². The highest BCUT2D eigenvalue weighted by Gasteiger charge is 2.25. The summed E-state index contributed by atoms with van der Waals surface area (Å²) >= 11 is 5.81. The highest BCUT2D eigenvalue weighted by molar-refractivity contribution is 7.92. The van der Waals surface area contributed by atoms with Crippen LogP contribution in [0, 0.1) is 6.92 Å². The summed E-state index contributed by atoms with van der Waals surface area (Å²) < 4.78 is 31.9. The van der Waals surface area contributed by atoms with Crippen molar-refractivity contribution in [3.63, 3.8) is 0 Å². The van der Waals surface area contributed by atoms with E-state index in [0.29, 0.717) is 18.6 Å². The van der Waals surface area contributed by atoms with Crippen molar-refractivity contribution in [2.24, 2.45) is 0 Å². The Labute approximate surface area is 128 Å². The van der Waals surface area contributed by atoms with Gasteiger partial charge in [0.05, 0.1) is 23.1 Å². The van der Waals surface area contributed by atoms with Crippen molar-refractivity contribution in [2.75, 3.05) is 17.1 Å². The Hall–Kier alpha value is -1.31. The zero-order chi connectivity index (χ0) is 15.6. The van der Waals surface area contributed by atoms with E-state index in [1.54, 1.807) is 6.92 Å². The van der Waals surface area contributed by atoms with Crippen molar-refractivity contribution in [1.29, 1.82) is 0 Å². The van der Waals surface area contributed by atoms with E-state index in [4.69, 9.17) is 16.3 Å². The van der Waals surface area contributed by atoms with Crippen LogP contribution in [0.5, 0.6) is 0 Å². The van der Waals surface area contributed by atoms with E-state index in [0.717, 1.165) is 6.42 Å². The van der Waals surface area contributed by atoms with E-state index >= 15 is 0 Å². The maximum Gasteiger partial charge on any atom is 0.337 e. The van der Waals surface area contributed by atoms with Gasteiger partial charge >= 0.3 is 5.97 Å². The molecule has 1 aliphatic heterocycles. The second kappa shape index (κ2) is 6.21. The molecule has 116 valence electrons. The smallest absolute Gasteiger partial charge is 0.337 e. The molecule has 0 bridgehead atoms. The molecule has 8 heteroatoms. The van der Waals surface area contributed by atoms with Crippen molar-refractivity contribution in [1.82, 2.24) is 0 Å². The Balaban J connectivity index is 2.27. The number of halogens is 1. The van der Waals surface area contributed by atoms with E-state index in [1.165, 1.54) is 12.1 Å². The maximum absolute atomic E-state index is 12.2. The monoisotopic (exact) mass is 333 g/mol. The number of aryl methyl sites for hydroxylation is 1. The summed E-state index contributed by atoms with van der Waals surface area (Å²) in [5.74, 6) is -1.43. The highest BCUT2D eigenvalue weighted by Crippen LogP contribution is 2.27. The van der Waals surface area contributed by atoms with Gasteiger partial charge in [-0.05, 0) is 37.5 Å². The molecule has 0 amide bonds. The standard InChI is InChI=1S/C13H16ClNO5S/c1-8-5-9(14)6-11(13(16)17)12(8)15-21(18,19)7-10-3-2-4-20-10/h5-6,10,15H,2-4,7H2,1H3,(H,16,17). The predicted molar refractivity (Wildman–Crippen MR) is 79.5 cm³/mol. The lowest BCUT2D eigenvalue weighted by molar-refractivity contribution is 0.0698. The second-order valence-electron chi connectivity index (χ2n) is 4.97. The lowest BCUT2D eigenvalue weighted by atomic mass is 10.1. The molecule has 1 heterocycles. The van der Waals surface area contributed by atoms with Crippen LogP contribution in [-0.2, 0) is 14.8 Å².